The lowest BCUT2D eigenvalue weighted by atomic mass is 10.0. The second kappa shape index (κ2) is 6.55. The molecule has 1 unspecified atom stereocenters. The number of halogens is 1. The Morgan fingerprint density at radius 2 is 2.16 bits per heavy atom. The molecule has 0 saturated carbocycles. The summed E-state index contributed by atoms with van der Waals surface area (Å²) in [5.41, 5.74) is 2.47. The lowest BCUT2D eigenvalue weighted by molar-refractivity contribution is 0.411. The second-order valence-corrected chi connectivity index (χ2v) is 6.42. The highest BCUT2D eigenvalue weighted by Crippen LogP contribution is 2.27. The number of rotatable bonds is 5. The number of methoxy groups -OCH3 is 1. The van der Waals surface area contributed by atoms with Gasteiger partial charge in [-0.05, 0) is 53.2 Å². The molecule has 0 aliphatic carbocycles. The first-order valence-corrected chi connectivity index (χ1v) is 7.86. The molecular weight excluding hydrogens is 322 g/mol. The van der Waals surface area contributed by atoms with Gasteiger partial charge in [0.05, 0.1) is 7.11 Å². The third kappa shape index (κ3) is 3.59. The van der Waals surface area contributed by atoms with E-state index >= 15 is 0 Å². The quantitative estimate of drug-likeness (QED) is 0.875. The fourth-order valence-corrected chi connectivity index (χ4v) is 3.67. The van der Waals surface area contributed by atoms with Crippen molar-refractivity contribution >= 4 is 27.3 Å². The molecule has 1 atom stereocenters. The maximum absolute atomic E-state index is 5.31. The van der Waals surface area contributed by atoms with Gasteiger partial charge in [0.15, 0.2) is 0 Å². The average Bonchev–Trinajstić information content (AvgIpc) is 2.81. The van der Waals surface area contributed by atoms with Gasteiger partial charge < -0.3 is 10.1 Å². The SMILES string of the molecule is CNC(Cc1cc(Br)cs1)c1ccc(OC)c(C)c1. The van der Waals surface area contributed by atoms with Crippen LogP contribution < -0.4 is 10.1 Å². The van der Waals surface area contributed by atoms with Crippen LogP contribution in [0.3, 0.4) is 0 Å². The van der Waals surface area contributed by atoms with Gasteiger partial charge in [-0.1, -0.05) is 12.1 Å². The van der Waals surface area contributed by atoms with Gasteiger partial charge in [-0.15, -0.1) is 11.3 Å². The lowest BCUT2D eigenvalue weighted by Crippen LogP contribution is -2.18. The Balaban J connectivity index is 2.19. The van der Waals surface area contributed by atoms with Gasteiger partial charge in [-0.3, -0.25) is 0 Å². The Morgan fingerprint density at radius 3 is 2.68 bits per heavy atom. The van der Waals surface area contributed by atoms with E-state index in [1.807, 2.05) is 13.1 Å². The summed E-state index contributed by atoms with van der Waals surface area (Å²) in [6.45, 7) is 2.08. The van der Waals surface area contributed by atoms with E-state index < -0.39 is 0 Å². The van der Waals surface area contributed by atoms with Crippen LogP contribution in [0.4, 0.5) is 0 Å². The summed E-state index contributed by atoms with van der Waals surface area (Å²) in [5, 5.41) is 5.52. The summed E-state index contributed by atoms with van der Waals surface area (Å²) in [6, 6.07) is 8.89. The van der Waals surface area contributed by atoms with Crippen LogP contribution in [0.15, 0.2) is 34.1 Å². The maximum atomic E-state index is 5.31. The Kier molecular flexibility index (Phi) is 5.02. The zero-order valence-electron chi connectivity index (χ0n) is 11.4. The number of hydrogen-bond donors (Lipinski definition) is 1. The van der Waals surface area contributed by atoms with Gasteiger partial charge in [-0.2, -0.15) is 0 Å². The molecule has 0 amide bonds. The summed E-state index contributed by atoms with van der Waals surface area (Å²) >= 11 is 5.29. The van der Waals surface area contributed by atoms with Crippen LogP contribution in [0.25, 0.3) is 0 Å². The molecule has 0 saturated heterocycles. The van der Waals surface area contributed by atoms with E-state index in [1.54, 1.807) is 18.4 Å². The molecule has 0 fully saturated rings. The number of hydrogen-bond acceptors (Lipinski definition) is 3. The highest BCUT2D eigenvalue weighted by Gasteiger charge is 2.12. The molecule has 0 aliphatic heterocycles. The summed E-state index contributed by atoms with van der Waals surface area (Å²) in [5.74, 6) is 0.942. The molecule has 0 aliphatic rings. The highest BCUT2D eigenvalue weighted by atomic mass is 79.9. The Hall–Kier alpha value is -0.840. The first-order valence-electron chi connectivity index (χ1n) is 6.18. The molecule has 0 radical (unpaired) electrons. The predicted octanol–water partition coefficient (Wildman–Crippen LogP) is 4.33. The highest BCUT2D eigenvalue weighted by molar-refractivity contribution is 9.10. The zero-order valence-corrected chi connectivity index (χ0v) is 13.8. The van der Waals surface area contributed by atoms with Crippen molar-refractivity contribution < 1.29 is 4.74 Å². The van der Waals surface area contributed by atoms with Crippen molar-refractivity contribution in [1.29, 1.82) is 0 Å². The lowest BCUT2D eigenvalue weighted by Gasteiger charge is -2.17. The number of thiophene rings is 1. The Labute approximate surface area is 126 Å². The Morgan fingerprint density at radius 1 is 1.37 bits per heavy atom. The van der Waals surface area contributed by atoms with E-state index in [0.717, 1.165) is 16.6 Å². The molecule has 1 N–H and O–H groups in total. The Bertz CT molecular complexity index is 553. The largest absolute Gasteiger partial charge is 0.496 e. The summed E-state index contributed by atoms with van der Waals surface area (Å²) < 4.78 is 6.47. The first kappa shape index (κ1) is 14.6. The number of benzene rings is 1. The summed E-state index contributed by atoms with van der Waals surface area (Å²) in [4.78, 5) is 1.37. The van der Waals surface area contributed by atoms with Crippen LogP contribution in [0.1, 0.15) is 22.0 Å². The van der Waals surface area contributed by atoms with Crippen molar-refractivity contribution in [2.24, 2.45) is 0 Å². The van der Waals surface area contributed by atoms with E-state index in [-0.39, 0.29) is 0 Å². The number of aryl methyl sites for hydroxylation is 1. The van der Waals surface area contributed by atoms with Crippen molar-refractivity contribution in [3.63, 3.8) is 0 Å². The van der Waals surface area contributed by atoms with Crippen molar-refractivity contribution in [3.05, 3.63) is 50.1 Å². The van der Waals surface area contributed by atoms with Crippen molar-refractivity contribution in [2.75, 3.05) is 14.2 Å². The van der Waals surface area contributed by atoms with Crippen LogP contribution >= 0.6 is 27.3 Å². The van der Waals surface area contributed by atoms with Crippen LogP contribution in [0, 0.1) is 6.92 Å². The molecule has 0 spiro atoms. The van der Waals surface area contributed by atoms with Gasteiger partial charge in [-0.25, -0.2) is 0 Å². The average molecular weight is 340 g/mol. The van der Waals surface area contributed by atoms with Gasteiger partial charge in [0.2, 0.25) is 0 Å². The normalized spacial score (nSPS) is 12.4. The van der Waals surface area contributed by atoms with Crippen LogP contribution in [0.5, 0.6) is 5.75 Å². The standard InChI is InChI=1S/C15H18BrNOS/c1-10-6-11(4-5-15(10)18-3)14(17-2)8-13-7-12(16)9-19-13/h4-7,9,14,17H,8H2,1-3H3. The monoisotopic (exact) mass is 339 g/mol. The maximum Gasteiger partial charge on any atom is 0.121 e. The third-order valence-electron chi connectivity index (χ3n) is 3.20. The first-order chi connectivity index (χ1) is 9.13. The van der Waals surface area contributed by atoms with E-state index in [1.165, 1.54) is 16.0 Å². The third-order valence-corrected chi connectivity index (χ3v) is 4.92. The molecule has 2 nitrogen and oxygen atoms in total. The molecule has 4 heteroatoms. The number of ether oxygens (including phenoxy) is 1. The van der Waals surface area contributed by atoms with Gasteiger partial charge in [0.1, 0.15) is 5.75 Å². The molecule has 1 aromatic carbocycles. The molecular formula is C15H18BrNOS. The van der Waals surface area contributed by atoms with Gasteiger partial charge in [0, 0.05) is 27.2 Å². The van der Waals surface area contributed by atoms with Gasteiger partial charge >= 0.3 is 0 Å². The molecule has 1 heterocycles. The van der Waals surface area contributed by atoms with Gasteiger partial charge in [0.25, 0.3) is 0 Å². The second-order valence-electron chi connectivity index (χ2n) is 4.51. The number of nitrogens with one attached hydrogen (secondary N) is 1. The van der Waals surface area contributed by atoms with Crippen molar-refractivity contribution in [2.45, 2.75) is 19.4 Å². The molecule has 2 rings (SSSR count). The summed E-state index contributed by atoms with van der Waals surface area (Å²) in [6.07, 6.45) is 0.999. The zero-order chi connectivity index (χ0) is 13.8. The smallest absolute Gasteiger partial charge is 0.121 e. The van der Waals surface area contributed by atoms with Crippen LogP contribution in [0.2, 0.25) is 0 Å². The van der Waals surface area contributed by atoms with Crippen molar-refractivity contribution in [3.8, 4) is 5.75 Å². The fraction of sp³-hybridized carbons (Fsp3) is 0.333. The topological polar surface area (TPSA) is 21.3 Å². The van der Waals surface area contributed by atoms with E-state index in [0.29, 0.717) is 6.04 Å². The van der Waals surface area contributed by atoms with Crippen LogP contribution in [-0.2, 0) is 6.42 Å². The minimum absolute atomic E-state index is 0.329. The van der Waals surface area contributed by atoms with E-state index in [4.69, 9.17) is 4.74 Å². The van der Waals surface area contributed by atoms with E-state index in [2.05, 4.69) is 51.7 Å². The number of likely N-dealkylation sites (N-methyl/N-ethyl adjacent to an activating group) is 1. The fourth-order valence-electron chi connectivity index (χ4n) is 2.17. The molecule has 19 heavy (non-hydrogen) atoms. The minimum Gasteiger partial charge on any atom is -0.496 e. The molecule has 102 valence electrons. The molecule has 1 aromatic heterocycles. The molecule has 2 aromatic rings. The minimum atomic E-state index is 0.329. The van der Waals surface area contributed by atoms with Crippen molar-refractivity contribution in [1.82, 2.24) is 5.32 Å². The van der Waals surface area contributed by atoms with E-state index in [9.17, 15) is 0 Å². The molecule has 0 bridgehead atoms. The predicted molar refractivity (Wildman–Crippen MR) is 85.3 cm³/mol. The van der Waals surface area contributed by atoms with Crippen LogP contribution in [-0.4, -0.2) is 14.2 Å². The summed E-state index contributed by atoms with van der Waals surface area (Å²) in [7, 11) is 3.72.